The molecule has 0 rings (SSSR count). The van der Waals surface area contributed by atoms with Gasteiger partial charge in [-0.15, -0.1) is 0 Å². The zero-order valence-corrected chi connectivity index (χ0v) is 12.7. The highest BCUT2D eigenvalue weighted by atomic mass is 32.2. The molecule has 0 saturated heterocycles. The largest absolute Gasteiger partial charge is 0.409 e. The minimum atomic E-state index is -3.58. The summed E-state index contributed by atoms with van der Waals surface area (Å²) in [5.41, 5.74) is 5.36. The van der Waals surface area contributed by atoms with Gasteiger partial charge in [0.1, 0.15) is 5.84 Å². The molecule has 0 aromatic heterocycles. The van der Waals surface area contributed by atoms with Gasteiger partial charge in [-0.2, -0.15) is 17.0 Å². The second kappa shape index (κ2) is 8.31. The summed E-state index contributed by atoms with van der Waals surface area (Å²) in [5, 5.41) is 11.3. The molecule has 19 heavy (non-hydrogen) atoms. The van der Waals surface area contributed by atoms with E-state index in [2.05, 4.69) is 5.16 Å². The van der Waals surface area contributed by atoms with Crippen LogP contribution in [0.3, 0.4) is 0 Å². The van der Waals surface area contributed by atoms with E-state index in [9.17, 15) is 8.42 Å². The fourth-order valence-corrected chi connectivity index (χ4v) is 2.80. The topological polar surface area (TPSA) is 108 Å². The second-order valence-corrected chi connectivity index (χ2v) is 6.34. The van der Waals surface area contributed by atoms with E-state index in [0.29, 0.717) is 0 Å². The van der Waals surface area contributed by atoms with E-state index in [0.717, 1.165) is 0 Å². The molecule has 0 aliphatic rings. The van der Waals surface area contributed by atoms with E-state index in [4.69, 9.17) is 15.7 Å². The Labute approximate surface area is 115 Å². The molecular formula is C10H24N4O4S. The van der Waals surface area contributed by atoms with Gasteiger partial charge in [0.05, 0.1) is 6.61 Å². The van der Waals surface area contributed by atoms with Crippen molar-refractivity contribution in [1.29, 1.82) is 0 Å². The van der Waals surface area contributed by atoms with Crippen molar-refractivity contribution in [3.8, 4) is 0 Å². The number of methoxy groups -OCH3 is 1. The Hall–Kier alpha value is -0.900. The van der Waals surface area contributed by atoms with Gasteiger partial charge in [0.15, 0.2) is 0 Å². The van der Waals surface area contributed by atoms with E-state index in [-0.39, 0.29) is 38.0 Å². The Morgan fingerprint density at radius 1 is 1.42 bits per heavy atom. The summed E-state index contributed by atoms with van der Waals surface area (Å²) < 4.78 is 32.1. The predicted molar refractivity (Wildman–Crippen MR) is 73.3 cm³/mol. The lowest BCUT2D eigenvalue weighted by molar-refractivity contribution is 0.176. The molecule has 0 atom stereocenters. The second-order valence-electron chi connectivity index (χ2n) is 4.35. The van der Waals surface area contributed by atoms with Gasteiger partial charge in [-0.25, -0.2) is 0 Å². The smallest absolute Gasteiger partial charge is 0.282 e. The third-order valence-electron chi connectivity index (χ3n) is 2.71. The molecule has 0 saturated carbocycles. The first-order valence-electron chi connectivity index (χ1n) is 5.95. The molecule has 0 aromatic rings. The van der Waals surface area contributed by atoms with Gasteiger partial charge < -0.3 is 15.7 Å². The first kappa shape index (κ1) is 18.1. The summed E-state index contributed by atoms with van der Waals surface area (Å²) >= 11 is 0. The molecule has 0 aromatic carbocycles. The highest BCUT2D eigenvalue weighted by Crippen LogP contribution is 2.10. The van der Waals surface area contributed by atoms with E-state index < -0.39 is 10.2 Å². The van der Waals surface area contributed by atoms with Gasteiger partial charge in [0.2, 0.25) is 0 Å². The number of nitrogens with two attached hydrogens (primary N) is 1. The average Bonchev–Trinajstić information content (AvgIpc) is 2.36. The number of hydrogen-bond acceptors (Lipinski definition) is 5. The van der Waals surface area contributed by atoms with Gasteiger partial charge in [-0.1, -0.05) is 5.16 Å². The minimum Gasteiger partial charge on any atom is -0.409 e. The molecule has 0 unspecified atom stereocenters. The fraction of sp³-hybridized carbons (Fsp3) is 0.900. The van der Waals surface area contributed by atoms with Crippen molar-refractivity contribution in [2.45, 2.75) is 26.3 Å². The first-order chi connectivity index (χ1) is 8.77. The number of ether oxygens (including phenoxy) is 1. The van der Waals surface area contributed by atoms with Crippen LogP contribution in [0.15, 0.2) is 5.16 Å². The zero-order chi connectivity index (χ0) is 15.1. The zero-order valence-electron chi connectivity index (χ0n) is 11.9. The van der Waals surface area contributed by atoms with Crippen LogP contribution in [0, 0.1) is 0 Å². The van der Waals surface area contributed by atoms with Crippen LogP contribution >= 0.6 is 0 Å². The molecule has 0 bridgehead atoms. The molecule has 0 heterocycles. The Kier molecular flexibility index (Phi) is 7.91. The highest BCUT2D eigenvalue weighted by molar-refractivity contribution is 7.86. The molecule has 3 N–H and O–H groups in total. The van der Waals surface area contributed by atoms with Crippen molar-refractivity contribution in [2.75, 3.05) is 33.9 Å². The van der Waals surface area contributed by atoms with Crippen LogP contribution in [0.1, 0.15) is 20.3 Å². The lowest BCUT2D eigenvalue weighted by Crippen LogP contribution is -2.46. The monoisotopic (exact) mass is 296 g/mol. The van der Waals surface area contributed by atoms with Crippen molar-refractivity contribution in [3.63, 3.8) is 0 Å². The van der Waals surface area contributed by atoms with Crippen LogP contribution in [0.25, 0.3) is 0 Å². The van der Waals surface area contributed by atoms with E-state index in [1.54, 1.807) is 13.8 Å². The molecule has 0 spiro atoms. The first-order valence-corrected chi connectivity index (χ1v) is 7.35. The Bertz CT molecular complexity index is 383. The predicted octanol–water partition coefficient (Wildman–Crippen LogP) is -0.344. The van der Waals surface area contributed by atoms with Crippen LogP contribution in [0.2, 0.25) is 0 Å². The molecule has 0 amide bonds. The van der Waals surface area contributed by atoms with Crippen LogP contribution < -0.4 is 5.73 Å². The van der Waals surface area contributed by atoms with E-state index in [1.807, 2.05) is 0 Å². The third-order valence-corrected chi connectivity index (χ3v) is 4.88. The SMILES string of the molecule is COCCN(CCC(N)=NO)S(=O)(=O)N(C)C(C)C. The van der Waals surface area contributed by atoms with Crippen molar-refractivity contribution >= 4 is 16.0 Å². The van der Waals surface area contributed by atoms with Gasteiger partial charge in [-0.3, -0.25) is 0 Å². The maximum absolute atomic E-state index is 12.3. The number of hydrogen-bond donors (Lipinski definition) is 2. The molecule has 0 aliphatic carbocycles. The molecule has 9 heteroatoms. The van der Waals surface area contributed by atoms with Crippen molar-refractivity contribution in [1.82, 2.24) is 8.61 Å². The van der Waals surface area contributed by atoms with Gasteiger partial charge in [0, 0.05) is 39.7 Å². The Morgan fingerprint density at radius 2 is 2.00 bits per heavy atom. The van der Waals surface area contributed by atoms with Crippen molar-refractivity contribution in [2.24, 2.45) is 10.9 Å². The van der Waals surface area contributed by atoms with Crippen LogP contribution in [0.4, 0.5) is 0 Å². The van der Waals surface area contributed by atoms with Crippen molar-refractivity contribution < 1.29 is 18.4 Å². The highest BCUT2D eigenvalue weighted by Gasteiger charge is 2.28. The standard InChI is InChI=1S/C10H24N4O4S/c1-9(2)13(3)19(16,17)14(7-8-18-4)6-5-10(11)12-15/h9,15H,5-8H2,1-4H3,(H2,11,12). The maximum atomic E-state index is 12.3. The quantitative estimate of drug-likeness (QED) is 0.262. The van der Waals surface area contributed by atoms with Gasteiger partial charge >= 0.3 is 0 Å². The number of rotatable bonds is 9. The third kappa shape index (κ3) is 5.72. The Morgan fingerprint density at radius 3 is 2.42 bits per heavy atom. The van der Waals surface area contributed by atoms with Crippen molar-refractivity contribution in [3.05, 3.63) is 0 Å². The van der Waals surface area contributed by atoms with Gasteiger partial charge in [0.25, 0.3) is 10.2 Å². The minimum absolute atomic E-state index is 0.00943. The summed E-state index contributed by atoms with van der Waals surface area (Å²) in [7, 11) is -0.564. The molecule has 0 aliphatic heterocycles. The fourth-order valence-electron chi connectivity index (χ4n) is 1.27. The summed E-state index contributed by atoms with van der Waals surface area (Å²) in [6, 6.07) is -0.154. The maximum Gasteiger partial charge on any atom is 0.282 e. The molecule has 114 valence electrons. The summed E-state index contributed by atoms with van der Waals surface area (Å²) in [6.07, 6.45) is 0.158. The number of oxime groups is 1. The Balaban J connectivity index is 4.91. The summed E-state index contributed by atoms with van der Waals surface area (Å²) in [6.45, 7) is 4.21. The summed E-state index contributed by atoms with van der Waals surface area (Å²) in [5.74, 6) is -0.00943. The molecule has 0 radical (unpaired) electrons. The normalized spacial score (nSPS) is 13.7. The summed E-state index contributed by atoms with van der Waals surface area (Å²) in [4.78, 5) is 0. The van der Waals surface area contributed by atoms with Crippen LogP contribution in [-0.2, 0) is 14.9 Å². The van der Waals surface area contributed by atoms with Gasteiger partial charge in [-0.05, 0) is 13.8 Å². The lowest BCUT2D eigenvalue weighted by atomic mass is 10.4. The number of nitrogens with zero attached hydrogens (tertiary/aromatic N) is 3. The molecule has 0 fully saturated rings. The van der Waals surface area contributed by atoms with E-state index >= 15 is 0 Å². The number of amidine groups is 1. The van der Waals surface area contributed by atoms with Crippen LogP contribution in [0.5, 0.6) is 0 Å². The molecular weight excluding hydrogens is 272 g/mol. The molecule has 8 nitrogen and oxygen atoms in total. The lowest BCUT2D eigenvalue weighted by Gasteiger charge is -2.29. The van der Waals surface area contributed by atoms with Crippen LogP contribution in [-0.4, -0.2) is 68.0 Å². The average molecular weight is 296 g/mol. The van der Waals surface area contributed by atoms with E-state index in [1.165, 1.54) is 22.8 Å².